The zero-order valence-corrected chi connectivity index (χ0v) is 10.6. The summed E-state index contributed by atoms with van der Waals surface area (Å²) in [5.41, 5.74) is -0.249. The number of hydrogen-bond donors (Lipinski definition) is 1. The number of benzene rings is 1. The molecule has 98 valence electrons. The van der Waals surface area contributed by atoms with Crippen molar-refractivity contribution in [1.82, 2.24) is 10.2 Å². The van der Waals surface area contributed by atoms with Gasteiger partial charge in [0.15, 0.2) is 10.3 Å². The van der Waals surface area contributed by atoms with Crippen LogP contribution in [0.4, 0.5) is 14.5 Å². The summed E-state index contributed by atoms with van der Waals surface area (Å²) in [5, 5.41) is 8.91. The molecule has 0 aliphatic heterocycles. The molecule has 1 heterocycles. The first kappa shape index (κ1) is 13.6. The van der Waals surface area contributed by atoms with Gasteiger partial charge in [-0.15, -0.1) is 10.2 Å². The van der Waals surface area contributed by atoms with E-state index in [0.29, 0.717) is 6.07 Å². The van der Waals surface area contributed by atoms with E-state index in [-0.39, 0.29) is 21.6 Å². The topological polar surface area (TPSA) is 54.9 Å². The highest BCUT2D eigenvalue weighted by atomic mass is 35.5. The average molecular weight is 304 g/mol. The van der Waals surface area contributed by atoms with Crippen molar-refractivity contribution in [3.05, 3.63) is 51.8 Å². The highest BCUT2D eigenvalue weighted by Crippen LogP contribution is 2.19. The van der Waals surface area contributed by atoms with Crippen LogP contribution in [0.15, 0.2) is 24.3 Å². The van der Waals surface area contributed by atoms with E-state index in [1.54, 1.807) is 0 Å². The second-order valence-corrected chi connectivity index (χ2v) is 4.20. The largest absolute Gasteiger partial charge is 0.319 e. The first-order valence-corrected chi connectivity index (χ1v) is 5.68. The molecule has 1 aromatic heterocycles. The number of halogens is 4. The minimum absolute atomic E-state index is 0.0332. The molecule has 2 rings (SSSR count). The first-order chi connectivity index (χ1) is 8.97. The van der Waals surface area contributed by atoms with Crippen LogP contribution >= 0.6 is 23.2 Å². The van der Waals surface area contributed by atoms with Crippen molar-refractivity contribution in [2.75, 3.05) is 5.32 Å². The van der Waals surface area contributed by atoms with E-state index in [0.717, 1.165) is 12.1 Å². The molecule has 4 nitrogen and oxygen atoms in total. The Hall–Kier alpha value is -1.79. The van der Waals surface area contributed by atoms with Crippen molar-refractivity contribution in [1.29, 1.82) is 0 Å². The van der Waals surface area contributed by atoms with Gasteiger partial charge >= 0.3 is 0 Å². The molecule has 0 saturated carbocycles. The summed E-state index contributed by atoms with van der Waals surface area (Å²) in [4.78, 5) is 11.8. The van der Waals surface area contributed by atoms with Gasteiger partial charge in [0.2, 0.25) is 0 Å². The molecular weight excluding hydrogens is 299 g/mol. The smallest absolute Gasteiger partial charge is 0.259 e. The predicted octanol–water partition coefficient (Wildman–Crippen LogP) is 3.31. The Labute approximate surface area is 116 Å². The van der Waals surface area contributed by atoms with Crippen molar-refractivity contribution in [2.45, 2.75) is 0 Å². The predicted molar refractivity (Wildman–Crippen MR) is 66.4 cm³/mol. The summed E-state index contributed by atoms with van der Waals surface area (Å²) in [6.45, 7) is 0. The molecule has 0 atom stereocenters. The summed E-state index contributed by atoms with van der Waals surface area (Å²) in [6.07, 6.45) is 0. The van der Waals surface area contributed by atoms with Gasteiger partial charge in [0.1, 0.15) is 11.6 Å². The van der Waals surface area contributed by atoms with Crippen LogP contribution in [0.3, 0.4) is 0 Å². The molecule has 0 spiro atoms. The second-order valence-electron chi connectivity index (χ2n) is 3.45. The van der Waals surface area contributed by atoms with Crippen molar-refractivity contribution in [3.8, 4) is 0 Å². The Morgan fingerprint density at radius 1 is 1.16 bits per heavy atom. The fraction of sp³-hybridized carbons (Fsp3) is 0. The van der Waals surface area contributed by atoms with Gasteiger partial charge in [0.05, 0.1) is 11.3 Å². The Kier molecular flexibility index (Phi) is 3.92. The Morgan fingerprint density at radius 2 is 1.89 bits per heavy atom. The second kappa shape index (κ2) is 5.46. The van der Waals surface area contributed by atoms with Gasteiger partial charge in [0, 0.05) is 6.07 Å². The number of rotatable bonds is 2. The van der Waals surface area contributed by atoms with Crippen LogP contribution in [0.5, 0.6) is 0 Å². The molecule has 0 aliphatic carbocycles. The van der Waals surface area contributed by atoms with Gasteiger partial charge in [-0.3, -0.25) is 4.79 Å². The molecule has 2 aromatic rings. The Balaban J connectivity index is 2.28. The molecule has 19 heavy (non-hydrogen) atoms. The lowest BCUT2D eigenvalue weighted by molar-refractivity contribution is 0.102. The van der Waals surface area contributed by atoms with E-state index in [9.17, 15) is 13.6 Å². The fourth-order valence-electron chi connectivity index (χ4n) is 1.29. The van der Waals surface area contributed by atoms with E-state index >= 15 is 0 Å². The zero-order chi connectivity index (χ0) is 14.0. The van der Waals surface area contributed by atoms with E-state index in [4.69, 9.17) is 23.2 Å². The van der Waals surface area contributed by atoms with Gasteiger partial charge in [0.25, 0.3) is 5.91 Å². The molecule has 1 aromatic carbocycles. The monoisotopic (exact) mass is 303 g/mol. The number of hydrogen-bond acceptors (Lipinski definition) is 3. The normalized spacial score (nSPS) is 10.3. The van der Waals surface area contributed by atoms with Gasteiger partial charge in [-0.1, -0.05) is 23.2 Å². The number of amides is 1. The van der Waals surface area contributed by atoms with Crippen molar-refractivity contribution in [2.24, 2.45) is 0 Å². The van der Waals surface area contributed by atoms with E-state index in [1.807, 2.05) is 0 Å². The molecule has 0 saturated heterocycles. The lowest BCUT2D eigenvalue weighted by Gasteiger charge is -2.07. The van der Waals surface area contributed by atoms with Crippen LogP contribution in [-0.2, 0) is 0 Å². The molecule has 0 aliphatic rings. The highest BCUT2D eigenvalue weighted by Gasteiger charge is 2.15. The molecular formula is C11H5Cl2F2N3O. The number of carbonyl (C=O) groups is 1. The summed E-state index contributed by atoms with van der Waals surface area (Å²) < 4.78 is 26.1. The third-order valence-corrected chi connectivity index (χ3v) is 2.61. The quantitative estimate of drug-likeness (QED) is 0.926. The SMILES string of the molecule is O=C(Nc1ccc(F)cc1F)c1cc(Cl)nnc1Cl. The van der Waals surface area contributed by atoms with Gasteiger partial charge < -0.3 is 5.32 Å². The van der Waals surface area contributed by atoms with Crippen molar-refractivity contribution >= 4 is 34.8 Å². The van der Waals surface area contributed by atoms with Crippen LogP contribution in [0.25, 0.3) is 0 Å². The maximum atomic E-state index is 13.4. The van der Waals surface area contributed by atoms with E-state index < -0.39 is 17.5 Å². The molecule has 1 amide bonds. The number of carbonyl (C=O) groups excluding carboxylic acids is 1. The minimum Gasteiger partial charge on any atom is -0.319 e. The molecule has 0 radical (unpaired) electrons. The van der Waals surface area contributed by atoms with Gasteiger partial charge in [-0.2, -0.15) is 0 Å². The first-order valence-electron chi connectivity index (χ1n) is 4.92. The standard InChI is InChI=1S/C11H5Cl2F2N3O/c12-9-4-6(10(13)18-17-9)11(19)16-8-2-1-5(14)3-7(8)15/h1-4H,(H,16,19). The summed E-state index contributed by atoms with van der Waals surface area (Å²) >= 11 is 11.3. The third kappa shape index (κ3) is 3.15. The molecule has 0 unspecified atom stereocenters. The maximum Gasteiger partial charge on any atom is 0.259 e. The molecule has 1 N–H and O–H groups in total. The number of aromatic nitrogens is 2. The van der Waals surface area contributed by atoms with Crippen LogP contribution in [0.1, 0.15) is 10.4 Å². The Morgan fingerprint density at radius 3 is 2.58 bits per heavy atom. The third-order valence-electron chi connectivity index (χ3n) is 2.14. The Bertz CT molecular complexity index is 652. The number of nitrogens with zero attached hydrogens (tertiary/aromatic N) is 2. The molecule has 0 bridgehead atoms. The summed E-state index contributed by atoms with van der Waals surface area (Å²) in [6, 6.07) is 3.94. The van der Waals surface area contributed by atoms with Crippen LogP contribution in [0.2, 0.25) is 10.3 Å². The molecule has 0 fully saturated rings. The fourth-order valence-corrected chi connectivity index (χ4v) is 1.62. The van der Waals surface area contributed by atoms with Crippen molar-refractivity contribution in [3.63, 3.8) is 0 Å². The lowest BCUT2D eigenvalue weighted by Crippen LogP contribution is -2.14. The van der Waals surface area contributed by atoms with Gasteiger partial charge in [-0.25, -0.2) is 8.78 Å². The number of anilines is 1. The van der Waals surface area contributed by atoms with E-state index in [2.05, 4.69) is 15.5 Å². The minimum atomic E-state index is -0.905. The maximum absolute atomic E-state index is 13.4. The van der Waals surface area contributed by atoms with Crippen LogP contribution < -0.4 is 5.32 Å². The summed E-state index contributed by atoms with van der Waals surface area (Å²) in [5.74, 6) is -2.38. The van der Waals surface area contributed by atoms with Gasteiger partial charge in [-0.05, 0) is 18.2 Å². The number of nitrogens with one attached hydrogen (secondary N) is 1. The van der Waals surface area contributed by atoms with E-state index in [1.165, 1.54) is 6.07 Å². The average Bonchev–Trinajstić information content (AvgIpc) is 2.35. The lowest BCUT2D eigenvalue weighted by atomic mass is 10.2. The highest BCUT2D eigenvalue weighted by molar-refractivity contribution is 6.34. The summed E-state index contributed by atoms with van der Waals surface area (Å²) in [7, 11) is 0. The van der Waals surface area contributed by atoms with Crippen LogP contribution in [0, 0.1) is 11.6 Å². The molecule has 8 heteroatoms. The van der Waals surface area contributed by atoms with Crippen molar-refractivity contribution < 1.29 is 13.6 Å². The zero-order valence-electron chi connectivity index (χ0n) is 9.12. The van der Waals surface area contributed by atoms with Crippen LogP contribution in [-0.4, -0.2) is 16.1 Å².